The first-order valence-electron chi connectivity index (χ1n) is 4.57. The number of rotatable bonds is 2. The number of alkyl halides is 1. The summed E-state index contributed by atoms with van der Waals surface area (Å²) in [5, 5.41) is 0.781. The van der Waals surface area contributed by atoms with E-state index in [9.17, 15) is 8.42 Å². The van der Waals surface area contributed by atoms with Crippen LogP contribution in [-0.4, -0.2) is 35.6 Å². The maximum absolute atomic E-state index is 12.1. The van der Waals surface area contributed by atoms with Gasteiger partial charge in [-0.25, -0.2) is 13.4 Å². The molecule has 2 rings (SSSR count). The van der Waals surface area contributed by atoms with Gasteiger partial charge in [0.2, 0.25) is 0 Å². The fraction of sp³-hybridized carbons (Fsp3) is 0.625. The highest BCUT2D eigenvalue weighted by atomic mass is 79.9. The Balaban J connectivity index is 2.27. The molecule has 15 heavy (non-hydrogen) atoms. The molecule has 1 aromatic heterocycles. The van der Waals surface area contributed by atoms with E-state index >= 15 is 0 Å². The van der Waals surface area contributed by atoms with Gasteiger partial charge in [0.25, 0.3) is 10.0 Å². The van der Waals surface area contributed by atoms with Crippen LogP contribution in [0.3, 0.4) is 0 Å². The predicted molar refractivity (Wildman–Crippen MR) is 62.9 cm³/mol. The summed E-state index contributed by atoms with van der Waals surface area (Å²) < 4.78 is 26.0. The van der Waals surface area contributed by atoms with E-state index < -0.39 is 10.0 Å². The number of nitrogens with zero attached hydrogens (tertiary/aromatic N) is 2. The highest BCUT2D eigenvalue weighted by molar-refractivity contribution is 9.09. The smallest absolute Gasteiger partial charge is 0.249 e. The SMILES string of the molecule is Cc1ncc(S(=O)(=O)N2CCC(Br)C2)s1. The van der Waals surface area contributed by atoms with E-state index in [-0.39, 0.29) is 4.83 Å². The fourth-order valence-corrected chi connectivity index (χ4v) is 5.00. The molecule has 1 unspecified atom stereocenters. The van der Waals surface area contributed by atoms with Crippen LogP contribution in [0.25, 0.3) is 0 Å². The second-order valence-electron chi connectivity index (χ2n) is 3.45. The van der Waals surface area contributed by atoms with Gasteiger partial charge in [-0.1, -0.05) is 15.9 Å². The zero-order valence-corrected chi connectivity index (χ0v) is 11.4. The van der Waals surface area contributed by atoms with Crippen LogP contribution in [0, 0.1) is 6.92 Å². The van der Waals surface area contributed by atoms with Crippen LogP contribution in [-0.2, 0) is 10.0 Å². The summed E-state index contributed by atoms with van der Waals surface area (Å²) >= 11 is 4.66. The molecule has 0 saturated carbocycles. The van der Waals surface area contributed by atoms with Crippen molar-refractivity contribution < 1.29 is 8.42 Å². The average Bonchev–Trinajstić information content (AvgIpc) is 2.74. The minimum absolute atomic E-state index is 0.279. The van der Waals surface area contributed by atoms with Crippen molar-refractivity contribution in [3.8, 4) is 0 Å². The molecule has 1 saturated heterocycles. The summed E-state index contributed by atoms with van der Waals surface area (Å²) in [6.45, 7) is 2.95. The molecule has 1 aliphatic rings. The third-order valence-corrected chi connectivity index (χ3v) is 6.25. The number of hydrogen-bond acceptors (Lipinski definition) is 4. The van der Waals surface area contributed by atoms with Crippen molar-refractivity contribution in [3.63, 3.8) is 0 Å². The molecule has 1 aliphatic heterocycles. The number of halogens is 1. The highest BCUT2D eigenvalue weighted by Gasteiger charge is 2.32. The van der Waals surface area contributed by atoms with E-state index in [2.05, 4.69) is 20.9 Å². The summed E-state index contributed by atoms with van der Waals surface area (Å²) in [5.41, 5.74) is 0. The maximum Gasteiger partial charge on any atom is 0.254 e. The van der Waals surface area contributed by atoms with Gasteiger partial charge in [-0.3, -0.25) is 0 Å². The second kappa shape index (κ2) is 4.12. The Hall–Kier alpha value is 0.0200. The first-order valence-corrected chi connectivity index (χ1v) is 7.74. The molecule has 0 bridgehead atoms. The number of hydrogen-bond donors (Lipinski definition) is 0. The molecule has 0 amide bonds. The van der Waals surface area contributed by atoms with Crippen LogP contribution >= 0.6 is 27.3 Å². The van der Waals surface area contributed by atoms with Gasteiger partial charge in [0.1, 0.15) is 0 Å². The van der Waals surface area contributed by atoms with Gasteiger partial charge in [-0.15, -0.1) is 11.3 Å². The molecule has 0 aliphatic carbocycles. The summed E-state index contributed by atoms with van der Waals surface area (Å²) in [6, 6.07) is 0. The highest BCUT2D eigenvalue weighted by Crippen LogP contribution is 2.27. The zero-order chi connectivity index (χ0) is 11.1. The zero-order valence-electron chi connectivity index (χ0n) is 8.18. The summed E-state index contributed by atoms with van der Waals surface area (Å²) in [5.74, 6) is 0. The lowest BCUT2D eigenvalue weighted by Gasteiger charge is -2.13. The van der Waals surface area contributed by atoms with Crippen molar-refractivity contribution in [1.29, 1.82) is 0 Å². The summed E-state index contributed by atoms with van der Waals surface area (Å²) in [4.78, 5) is 4.25. The van der Waals surface area contributed by atoms with Crippen LogP contribution in [0.5, 0.6) is 0 Å². The third kappa shape index (κ3) is 2.25. The van der Waals surface area contributed by atoms with Crippen molar-refractivity contribution in [2.24, 2.45) is 0 Å². The Labute approximate surface area is 101 Å². The second-order valence-corrected chi connectivity index (χ2v) is 8.14. The standard InChI is InChI=1S/C8H11BrN2O2S2/c1-6-10-4-8(14-6)15(12,13)11-3-2-7(9)5-11/h4,7H,2-3,5H2,1H3. The lowest BCUT2D eigenvalue weighted by Crippen LogP contribution is -2.28. The molecular formula is C8H11BrN2O2S2. The first kappa shape index (κ1) is 11.5. The Bertz CT molecular complexity index is 457. The van der Waals surface area contributed by atoms with Gasteiger partial charge in [0.15, 0.2) is 4.21 Å². The number of sulfonamides is 1. The molecule has 1 aromatic rings. The van der Waals surface area contributed by atoms with Crippen molar-refractivity contribution in [1.82, 2.24) is 9.29 Å². The average molecular weight is 311 g/mol. The molecule has 1 atom stereocenters. The quantitative estimate of drug-likeness (QED) is 0.780. The minimum atomic E-state index is -3.29. The van der Waals surface area contributed by atoms with Crippen molar-refractivity contribution >= 4 is 37.3 Å². The number of aryl methyl sites for hydroxylation is 1. The molecule has 84 valence electrons. The predicted octanol–water partition coefficient (Wildman–Crippen LogP) is 1.61. The molecule has 7 heteroatoms. The molecule has 0 aromatic carbocycles. The van der Waals surface area contributed by atoms with Crippen LogP contribution < -0.4 is 0 Å². The van der Waals surface area contributed by atoms with Crippen molar-refractivity contribution in [2.45, 2.75) is 22.4 Å². The van der Waals surface area contributed by atoms with Crippen LogP contribution in [0.2, 0.25) is 0 Å². The topological polar surface area (TPSA) is 50.3 Å². The van der Waals surface area contributed by atoms with Gasteiger partial charge in [-0.05, 0) is 13.3 Å². The molecule has 0 radical (unpaired) electrons. The van der Waals surface area contributed by atoms with Crippen molar-refractivity contribution in [3.05, 3.63) is 11.2 Å². The van der Waals surface area contributed by atoms with Crippen LogP contribution in [0.4, 0.5) is 0 Å². The Morgan fingerprint density at radius 2 is 2.40 bits per heavy atom. The van der Waals surface area contributed by atoms with Crippen LogP contribution in [0.1, 0.15) is 11.4 Å². The van der Waals surface area contributed by atoms with Gasteiger partial charge in [-0.2, -0.15) is 4.31 Å². The normalized spacial score (nSPS) is 23.5. The Kier molecular flexibility index (Phi) is 3.16. The molecular weight excluding hydrogens is 300 g/mol. The lowest BCUT2D eigenvalue weighted by atomic mass is 10.4. The molecule has 0 N–H and O–H groups in total. The molecule has 0 spiro atoms. The molecule has 2 heterocycles. The van der Waals surface area contributed by atoms with Gasteiger partial charge in [0, 0.05) is 17.9 Å². The third-order valence-electron chi connectivity index (χ3n) is 2.29. The van der Waals surface area contributed by atoms with Crippen LogP contribution in [0.15, 0.2) is 10.4 Å². The fourth-order valence-electron chi connectivity index (χ4n) is 1.49. The summed E-state index contributed by atoms with van der Waals surface area (Å²) in [7, 11) is -3.29. The first-order chi connectivity index (χ1) is 7.00. The lowest BCUT2D eigenvalue weighted by molar-refractivity contribution is 0.480. The number of thiazole rings is 1. The van der Waals surface area contributed by atoms with E-state index in [1.54, 1.807) is 6.92 Å². The van der Waals surface area contributed by atoms with E-state index in [4.69, 9.17) is 0 Å². The largest absolute Gasteiger partial charge is 0.254 e. The van der Waals surface area contributed by atoms with Gasteiger partial charge < -0.3 is 0 Å². The Morgan fingerprint density at radius 1 is 1.67 bits per heavy atom. The van der Waals surface area contributed by atoms with E-state index in [1.807, 2.05) is 0 Å². The molecule has 1 fully saturated rings. The minimum Gasteiger partial charge on any atom is -0.249 e. The summed E-state index contributed by atoms with van der Waals surface area (Å²) in [6.07, 6.45) is 2.31. The maximum atomic E-state index is 12.1. The van der Waals surface area contributed by atoms with Gasteiger partial charge in [0.05, 0.1) is 11.2 Å². The number of aromatic nitrogens is 1. The van der Waals surface area contributed by atoms with E-state index in [0.717, 1.165) is 11.4 Å². The van der Waals surface area contributed by atoms with Crippen molar-refractivity contribution in [2.75, 3.05) is 13.1 Å². The van der Waals surface area contributed by atoms with E-state index in [1.165, 1.54) is 21.8 Å². The Morgan fingerprint density at radius 3 is 2.87 bits per heavy atom. The van der Waals surface area contributed by atoms with Gasteiger partial charge >= 0.3 is 0 Å². The van der Waals surface area contributed by atoms with E-state index in [0.29, 0.717) is 17.3 Å². The monoisotopic (exact) mass is 310 g/mol. The molecule has 4 nitrogen and oxygen atoms in total.